The molecule has 9 heteroatoms. The number of fused-ring (bicyclic) bond motifs is 5. The Balaban J connectivity index is 1.40. The van der Waals surface area contributed by atoms with E-state index in [4.69, 9.17) is 21.3 Å². The summed E-state index contributed by atoms with van der Waals surface area (Å²) in [5.74, 6) is 0.170. The molecule has 0 aliphatic carbocycles. The zero-order chi connectivity index (χ0) is 26.7. The fraction of sp³-hybridized carbons (Fsp3) is 0.400. The molecule has 3 atom stereocenters. The molecule has 202 valence electrons. The highest BCUT2D eigenvalue weighted by atomic mass is 35.5. The highest BCUT2D eigenvalue weighted by molar-refractivity contribution is 6.35. The average molecular weight is 548 g/mol. The van der Waals surface area contributed by atoms with E-state index in [0.29, 0.717) is 29.4 Å². The summed E-state index contributed by atoms with van der Waals surface area (Å²) in [6, 6.07) is 13.7. The maximum atomic E-state index is 16.6. The summed E-state index contributed by atoms with van der Waals surface area (Å²) in [5.41, 5.74) is 0.909. The number of likely N-dealkylation sites (N-methyl/N-ethyl adjacent to an activating group) is 1. The Morgan fingerprint density at radius 1 is 1.13 bits per heavy atom. The lowest BCUT2D eigenvalue weighted by Gasteiger charge is -2.46. The molecule has 0 radical (unpaired) electrons. The molecule has 2 bridgehead atoms. The summed E-state index contributed by atoms with van der Waals surface area (Å²) < 4.78 is 22.8. The molecule has 2 N–H and O–H groups in total. The van der Waals surface area contributed by atoms with Crippen LogP contribution in [0.15, 0.2) is 42.5 Å². The zero-order valence-electron chi connectivity index (χ0n) is 21.8. The minimum Gasteiger partial charge on any atom is -0.508 e. The molecular weight excluding hydrogens is 517 g/mol. The summed E-state index contributed by atoms with van der Waals surface area (Å²) >= 11 is 6.84. The van der Waals surface area contributed by atoms with Gasteiger partial charge in [0.1, 0.15) is 23.7 Å². The van der Waals surface area contributed by atoms with E-state index in [9.17, 15) is 5.11 Å². The standard InChI is InChI=1S/C30H31ClFN5O2/c1-36-10-4-6-20(36)16-39-30-34-28-24(29(35-30)37-15-18-8-9-19(37)14-33-18)13-25(31)26(27(28)32)23-12-21(38)11-17-5-2-3-7-22(17)23/h2-3,5,7,11-13,18-20,33,38H,4,6,8-10,14-16H2,1H3. The molecule has 5 heterocycles. The second-order valence-corrected chi connectivity index (χ2v) is 11.5. The first-order valence-electron chi connectivity index (χ1n) is 13.7. The summed E-state index contributed by atoms with van der Waals surface area (Å²) in [7, 11) is 2.10. The summed E-state index contributed by atoms with van der Waals surface area (Å²) in [6.45, 7) is 3.15. The largest absolute Gasteiger partial charge is 0.508 e. The third-order valence-electron chi connectivity index (χ3n) is 8.65. The number of nitrogens with zero attached hydrogens (tertiary/aromatic N) is 4. The predicted molar refractivity (Wildman–Crippen MR) is 152 cm³/mol. The van der Waals surface area contributed by atoms with Crippen molar-refractivity contribution in [2.45, 2.75) is 43.8 Å². The van der Waals surface area contributed by atoms with Gasteiger partial charge in [0.15, 0.2) is 5.82 Å². The maximum absolute atomic E-state index is 16.6. The molecule has 39 heavy (non-hydrogen) atoms. The van der Waals surface area contributed by atoms with Gasteiger partial charge in [0.25, 0.3) is 0 Å². The maximum Gasteiger partial charge on any atom is 0.319 e. The number of hydrogen-bond acceptors (Lipinski definition) is 7. The minimum absolute atomic E-state index is 0.0455. The lowest BCUT2D eigenvalue weighted by atomic mass is 9.92. The fourth-order valence-electron chi connectivity index (χ4n) is 6.52. The fourth-order valence-corrected chi connectivity index (χ4v) is 6.81. The number of ether oxygens (including phenoxy) is 1. The molecule has 0 spiro atoms. The monoisotopic (exact) mass is 547 g/mol. The average Bonchev–Trinajstić information content (AvgIpc) is 3.36. The molecule has 4 aliphatic rings. The molecule has 4 aliphatic heterocycles. The van der Waals surface area contributed by atoms with Crippen molar-refractivity contribution in [3.8, 4) is 22.9 Å². The minimum atomic E-state index is -0.542. The van der Waals surface area contributed by atoms with Crippen molar-refractivity contribution in [3.63, 3.8) is 0 Å². The van der Waals surface area contributed by atoms with Crippen molar-refractivity contribution in [1.29, 1.82) is 0 Å². The third kappa shape index (κ3) is 4.35. The Morgan fingerprint density at radius 2 is 2.00 bits per heavy atom. The normalized spacial score (nSPS) is 23.3. The van der Waals surface area contributed by atoms with Gasteiger partial charge in [-0.1, -0.05) is 35.9 Å². The van der Waals surface area contributed by atoms with Crippen LogP contribution in [0.4, 0.5) is 10.2 Å². The van der Waals surface area contributed by atoms with Crippen molar-refractivity contribution in [2.24, 2.45) is 0 Å². The van der Waals surface area contributed by atoms with E-state index in [2.05, 4.69) is 27.1 Å². The van der Waals surface area contributed by atoms with Crippen LogP contribution in [0.5, 0.6) is 11.8 Å². The molecule has 0 saturated carbocycles. The molecule has 4 fully saturated rings. The topological polar surface area (TPSA) is 73.8 Å². The van der Waals surface area contributed by atoms with Gasteiger partial charge in [-0.05, 0) is 73.8 Å². The number of likely N-dealkylation sites (tertiary alicyclic amines) is 1. The first-order chi connectivity index (χ1) is 19.0. The Kier molecular flexibility index (Phi) is 6.21. The summed E-state index contributed by atoms with van der Waals surface area (Å²) in [4.78, 5) is 14.0. The molecule has 0 amide bonds. The third-order valence-corrected chi connectivity index (χ3v) is 8.95. The number of halogens is 2. The molecule has 3 unspecified atom stereocenters. The molecule has 4 aromatic rings. The van der Waals surface area contributed by atoms with Crippen molar-refractivity contribution in [1.82, 2.24) is 20.2 Å². The van der Waals surface area contributed by atoms with Crippen molar-refractivity contribution in [3.05, 3.63) is 53.3 Å². The van der Waals surface area contributed by atoms with Crippen molar-refractivity contribution < 1.29 is 14.2 Å². The van der Waals surface area contributed by atoms with E-state index >= 15 is 4.39 Å². The van der Waals surface area contributed by atoms with Gasteiger partial charge in [-0.15, -0.1) is 0 Å². The molecule has 1 aromatic heterocycles. The van der Waals surface area contributed by atoms with Crippen LogP contribution in [0.1, 0.15) is 25.7 Å². The Morgan fingerprint density at radius 3 is 2.74 bits per heavy atom. The molecule has 4 saturated heterocycles. The number of hydrogen-bond donors (Lipinski definition) is 2. The summed E-state index contributed by atoms with van der Waals surface area (Å²) in [5, 5.41) is 16.5. The first kappa shape index (κ1) is 24.8. The van der Waals surface area contributed by atoms with Gasteiger partial charge in [-0.3, -0.25) is 0 Å². The number of aromatic nitrogens is 2. The number of aromatic hydroxyl groups is 1. The van der Waals surface area contributed by atoms with Crippen LogP contribution >= 0.6 is 11.6 Å². The van der Waals surface area contributed by atoms with Gasteiger partial charge < -0.3 is 25.0 Å². The van der Waals surface area contributed by atoms with Crippen LogP contribution in [0, 0.1) is 5.82 Å². The second-order valence-electron chi connectivity index (χ2n) is 11.1. The van der Waals surface area contributed by atoms with Crippen molar-refractivity contribution >= 4 is 39.1 Å². The quantitative estimate of drug-likeness (QED) is 0.348. The second kappa shape index (κ2) is 9.77. The van der Waals surface area contributed by atoms with Gasteiger partial charge in [-0.25, -0.2) is 4.39 Å². The lowest BCUT2D eigenvalue weighted by molar-refractivity contribution is 0.188. The van der Waals surface area contributed by atoms with Crippen LogP contribution < -0.4 is 15.0 Å². The highest BCUT2D eigenvalue weighted by Gasteiger charge is 2.36. The van der Waals surface area contributed by atoms with Gasteiger partial charge in [0, 0.05) is 42.2 Å². The van der Waals surface area contributed by atoms with Gasteiger partial charge in [-0.2, -0.15) is 9.97 Å². The summed E-state index contributed by atoms with van der Waals surface area (Å²) in [6.07, 6.45) is 4.35. The van der Waals surface area contributed by atoms with Crippen LogP contribution in [0.25, 0.3) is 32.8 Å². The van der Waals surface area contributed by atoms with E-state index in [-0.39, 0.29) is 39.9 Å². The van der Waals surface area contributed by atoms with Crippen LogP contribution in [-0.4, -0.2) is 71.4 Å². The molecule has 3 aromatic carbocycles. The highest BCUT2D eigenvalue weighted by Crippen LogP contribution is 2.43. The van der Waals surface area contributed by atoms with E-state index in [1.807, 2.05) is 24.3 Å². The van der Waals surface area contributed by atoms with E-state index in [1.54, 1.807) is 18.2 Å². The molecule has 7 nitrogen and oxygen atoms in total. The lowest BCUT2D eigenvalue weighted by Crippen LogP contribution is -2.61. The Bertz CT molecular complexity index is 1570. The SMILES string of the molecule is CN1CCCC1COc1nc(N2CC3CCC2CN3)c2cc(Cl)c(-c3cc(O)cc4ccccc34)c(F)c2n1. The predicted octanol–water partition coefficient (Wildman–Crippen LogP) is 5.36. The number of nitrogens with one attached hydrogen (secondary N) is 1. The van der Waals surface area contributed by atoms with Crippen LogP contribution in [0.2, 0.25) is 5.02 Å². The number of anilines is 1. The van der Waals surface area contributed by atoms with E-state index < -0.39 is 5.82 Å². The van der Waals surface area contributed by atoms with E-state index in [0.717, 1.165) is 56.1 Å². The molecule has 8 rings (SSSR count). The number of piperazine rings is 1. The van der Waals surface area contributed by atoms with Crippen molar-refractivity contribution in [2.75, 3.05) is 38.2 Å². The Labute approximate surface area is 231 Å². The van der Waals surface area contributed by atoms with Gasteiger partial charge in [0.05, 0.1) is 5.02 Å². The number of piperidine rings is 2. The van der Waals surface area contributed by atoms with Crippen LogP contribution in [0.3, 0.4) is 0 Å². The van der Waals surface area contributed by atoms with E-state index in [1.165, 1.54) is 0 Å². The van der Waals surface area contributed by atoms with Gasteiger partial charge >= 0.3 is 6.01 Å². The first-order valence-corrected chi connectivity index (χ1v) is 14.1. The smallest absolute Gasteiger partial charge is 0.319 e. The molecular formula is C30H31ClFN5O2. The van der Waals surface area contributed by atoms with Crippen LogP contribution in [-0.2, 0) is 0 Å². The number of phenols is 1. The number of rotatable bonds is 5. The number of benzene rings is 3. The Hall–Kier alpha value is -3.20. The number of phenolic OH excluding ortho intramolecular Hbond substituents is 1. The zero-order valence-corrected chi connectivity index (χ0v) is 22.6. The van der Waals surface area contributed by atoms with Gasteiger partial charge in [0.2, 0.25) is 0 Å².